The molecule has 4 aromatic heterocycles. The van der Waals surface area contributed by atoms with Crippen molar-refractivity contribution in [3.05, 3.63) is 146 Å². The van der Waals surface area contributed by atoms with Crippen molar-refractivity contribution in [2.45, 2.75) is 0 Å². The molecule has 4 heterocycles. The van der Waals surface area contributed by atoms with Crippen molar-refractivity contribution in [1.82, 2.24) is 19.9 Å². The van der Waals surface area contributed by atoms with Crippen LogP contribution in [-0.2, 0) is 0 Å². The number of hydrogen-bond acceptors (Lipinski definition) is 5. The second kappa shape index (κ2) is 10.2. The number of benzene rings is 5. The quantitative estimate of drug-likeness (QED) is 0.195. The van der Waals surface area contributed by atoms with Crippen LogP contribution in [0.15, 0.2) is 150 Å². The molecule has 0 aliphatic carbocycles. The average molecular weight is 577 g/mol. The Kier molecular flexibility index (Phi) is 5.74. The molecule has 210 valence electrons. The Hall–Kier alpha value is -6.20. The lowest BCUT2D eigenvalue weighted by molar-refractivity contribution is 0.667. The van der Waals surface area contributed by atoms with E-state index in [2.05, 4.69) is 78.9 Å². The van der Waals surface area contributed by atoms with Gasteiger partial charge in [0.1, 0.15) is 16.8 Å². The molecule has 0 saturated carbocycles. The first kappa shape index (κ1) is 25.3. The molecular formula is C40H24N4O. The van der Waals surface area contributed by atoms with Crippen LogP contribution in [0.4, 0.5) is 0 Å². The Morgan fingerprint density at radius 1 is 0.444 bits per heavy atom. The van der Waals surface area contributed by atoms with E-state index >= 15 is 0 Å². The third-order valence-electron chi connectivity index (χ3n) is 8.34. The molecule has 5 aromatic carbocycles. The topological polar surface area (TPSA) is 64.7 Å². The van der Waals surface area contributed by atoms with E-state index in [1.54, 1.807) is 0 Å². The summed E-state index contributed by atoms with van der Waals surface area (Å²) in [5.41, 5.74) is 9.65. The van der Waals surface area contributed by atoms with Gasteiger partial charge in [-0.3, -0.25) is 4.98 Å². The van der Waals surface area contributed by atoms with Crippen LogP contribution >= 0.6 is 0 Å². The van der Waals surface area contributed by atoms with Crippen LogP contribution in [0, 0.1) is 0 Å². The summed E-state index contributed by atoms with van der Waals surface area (Å²) in [4.78, 5) is 19.9. The molecule has 0 spiro atoms. The number of para-hydroxylation sites is 2. The van der Waals surface area contributed by atoms with Gasteiger partial charge in [-0.05, 0) is 41.3 Å². The zero-order valence-electron chi connectivity index (χ0n) is 24.1. The van der Waals surface area contributed by atoms with Gasteiger partial charge < -0.3 is 4.42 Å². The van der Waals surface area contributed by atoms with Gasteiger partial charge in [-0.1, -0.05) is 109 Å². The highest BCUT2D eigenvalue weighted by Crippen LogP contribution is 2.37. The maximum Gasteiger partial charge on any atom is 0.180 e. The molecule has 5 nitrogen and oxygen atoms in total. The van der Waals surface area contributed by atoms with Gasteiger partial charge in [-0.25, -0.2) is 15.0 Å². The molecule has 0 bridgehead atoms. The molecule has 9 aromatic rings. The van der Waals surface area contributed by atoms with E-state index in [1.165, 1.54) is 5.39 Å². The highest BCUT2D eigenvalue weighted by atomic mass is 16.3. The number of hydrogen-bond donors (Lipinski definition) is 0. The number of furan rings is 1. The van der Waals surface area contributed by atoms with Gasteiger partial charge in [0.2, 0.25) is 0 Å². The molecule has 0 radical (unpaired) electrons. The standard InChI is InChI=1S/C40H24N4O/c1-2-11-25(12-3-1)40-43-36(39-38(44-40)32-18-7-9-20-35(32)45-39)27-14-10-13-26(23-27)28-21-22-34(41-24-28)37-31-17-5-4-15-29(31)30-16-6-8-19-33(30)42-37/h1-24H. The summed E-state index contributed by atoms with van der Waals surface area (Å²) in [5, 5.41) is 4.38. The van der Waals surface area contributed by atoms with Crippen molar-refractivity contribution < 1.29 is 4.42 Å². The normalized spacial score (nSPS) is 11.6. The van der Waals surface area contributed by atoms with Crippen molar-refractivity contribution in [2.24, 2.45) is 0 Å². The van der Waals surface area contributed by atoms with Gasteiger partial charge in [0.15, 0.2) is 11.4 Å². The molecule has 0 saturated heterocycles. The zero-order valence-corrected chi connectivity index (χ0v) is 24.1. The summed E-state index contributed by atoms with van der Waals surface area (Å²) in [7, 11) is 0. The van der Waals surface area contributed by atoms with E-state index in [-0.39, 0.29) is 0 Å². The first-order valence-electron chi connectivity index (χ1n) is 14.9. The summed E-state index contributed by atoms with van der Waals surface area (Å²) in [5.74, 6) is 0.663. The summed E-state index contributed by atoms with van der Waals surface area (Å²) in [6.07, 6.45) is 1.92. The van der Waals surface area contributed by atoms with Crippen LogP contribution < -0.4 is 0 Å². The monoisotopic (exact) mass is 576 g/mol. The summed E-state index contributed by atoms with van der Waals surface area (Å²) in [6, 6.07) is 47.3. The zero-order chi connectivity index (χ0) is 29.7. The molecular weight excluding hydrogens is 552 g/mol. The van der Waals surface area contributed by atoms with Gasteiger partial charge in [-0.15, -0.1) is 0 Å². The third kappa shape index (κ3) is 4.25. The number of pyridine rings is 2. The Morgan fingerprint density at radius 3 is 2.00 bits per heavy atom. The maximum atomic E-state index is 6.36. The third-order valence-corrected chi connectivity index (χ3v) is 8.34. The Labute approximate surface area is 258 Å². The molecule has 0 aliphatic heterocycles. The number of aromatic nitrogens is 4. The SMILES string of the molecule is c1ccc(-c2nc(-c3cccc(-c4ccc(-c5nc6ccccc6c6ccccc56)nc4)c3)c3oc4ccccc4c3n2)cc1. The highest BCUT2D eigenvalue weighted by molar-refractivity contribution is 6.10. The second-order valence-corrected chi connectivity index (χ2v) is 11.1. The number of fused-ring (bicyclic) bond motifs is 6. The lowest BCUT2D eigenvalue weighted by Crippen LogP contribution is -1.94. The van der Waals surface area contributed by atoms with E-state index in [4.69, 9.17) is 24.4 Å². The minimum Gasteiger partial charge on any atom is -0.452 e. The summed E-state index contributed by atoms with van der Waals surface area (Å²) >= 11 is 0. The molecule has 9 rings (SSSR count). The minimum atomic E-state index is 0.663. The smallest absolute Gasteiger partial charge is 0.180 e. The van der Waals surface area contributed by atoms with Crippen molar-refractivity contribution in [1.29, 1.82) is 0 Å². The summed E-state index contributed by atoms with van der Waals surface area (Å²) in [6.45, 7) is 0. The van der Waals surface area contributed by atoms with E-state index in [1.807, 2.05) is 66.9 Å². The molecule has 5 heteroatoms. The number of nitrogens with zero attached hydrogens (tertiary/aromatic N) is 4. The van der Waals surface area contributed by atoms with Crippen LogP contribution in [-0.4, -0.2) is 19.9 Å². The molecule has 0 N–H and O–H groups in total. The van der Waals surface area contributed by atoms with Gasteiger partial charge >= 0.3 is 0 Å². The van der Waals surface area contributed by atoms with Crippen molar-refractivity contribution in [2.75, 3.05) is 0 Å². The molecule has 0 fully saturated rings. The highest BCUT2D eigenvalue weighted by Gasteiger charge is 2.18. The average Bonchev–Trinajstić information content (AvgIpc) is 3.50. The molecule has 0 unspecified atom stereocenters. The lowest BCUT2D eigenvalue weighted by Gasteiger charge is -2.11. The fourth-order valence-corrected chi connectivity index (χ4v) is 6.15. The second-order valence-electron chi connectivity index (χ2n) is 11.1. The van der Waals surface area contributed by atoms with E-state index in [0.717, 1.165) is 72.1 Å². The van der Waals surface area contributed by atoms with Gasteiger partial charge in [-0.2, -0.15) is 0 Å². The maximum absolute atomic E-state index is 6.36. The molecule has 0 aliphatic rings. The van der Waals surface area contributed by atoms with Crippen LogP contribution in [0.5, 0.6) is 0 Å². The van der Waals surface area contributed by atoms with Crippen LogP contribution in [0.3, 0.4) is 0 Å². The number of rotatable bonds is 4. The van der Waals surface area contributed by atoms with Gasteiger partial charge in [0.05, 0.1) is 16.9 Å². The van der Waals surface area contributed by atoms with Crippen molar-refractivity contribution in [3.63, 3.8) is 0 Å². The van der Waals surface area contributed by atoms with Crippen LogP contribution in [0.25, 0.3) is 88.9 Å². The Balaban J connectivity index is 1.16. The lowest BCUT2D eigenvalue weighted by atomic mass is 10.0. The predicted molar refractivity (Wildman–Crippen MR) is 182 cm³/mol. The van der Waals surface area contributed by atoms with Gasteiger partial charge in [0, 0.05) is 39.0 Å². The van der Waals surface area contributed by atoms with Crippen molar-refractivity contribution >= 4 is 43.7 Å². The Morgan fingerprint density at radius 2 is 1.16 bits per heavy atom. The fourth-order valence-electron chi connectivity index (χ4n) is 6.15. The summed E-state index contributed by atoms with van der Waals surface area (Å²) < 4.78 is 6.36. The largest absolute Gasteiger partial charge is 0.452 e. The molecule has 0 atom stereocenters. The van der Waals surface area contributed by atoms with E-state index in [0.29, 0.717) is 11.4 Å². The van der Waals surface area contributed by atoms with Gasteiger partial charge in [0.25, 0.3) is 0 Å². The van der Waals surface area contributed by atoms with Crippen LogP contribution in [0.2, 0.25) is 0 Å². The Bertz CT molecular complexity index is 2540. The van der Waals surface area contributed by atoms with E-state index < -0.39 is 0 Å². The fraction of sp³-hybridized carbons (Fsp3) is 0. The first-order valence-corrected chi connectivity index (χ1v) is 14.9. The first-order chi connectivity index (χ1) is 22.3. The van der Waals surface area contributed by atoms with E-state index in [9.17, 15) is 0 Å². The van der Waals surface area contributed by atoms with Crippen molar-refractivity contribution in [3.8, 4) is 45.2 Å². The molecule has 45 heavy (non-hydrogen) atoms. The predicted octanol–water partition coefficient (Wildman–Crippen LogP) is 10.1. The van der Waals surface area contributed by atoms with Crippen LogP contribution in [0.1, 0.15) is 0 Å². The molecule has 0 amide bonds. The minimum absolute atomic E-state index is 0.663.